The van der Waals surface area contributed by atoms with Gasteiger partial charge in [-0.05, 0) is 178 Å². The molecule has 18 aromatic carbocycles. The number of benzene rings is 18. The van der Waals surface area contributed by atoms with Crippen LogP contribution in [0.15, 0.2) is 310 Å². The number of hydrogen-bond acceptors (Lipinski definition) is 12. The summed E-state index contributed by atoms with van der Waals surface area (Å²) in [7, 11) is 0. The van der Waals surface area contributed by atoms with Crippen molar-refractivity contribution in [1.82, 2.24) is 37.5 Å². The number of pyridine rings is 4. The Hall–Kier alpha value is -15.7. The van der Waals surface area contributed by atoms with Crippen LogP contribution < -0.4 is 41.2 Å². The van der Waals surface area contributed by atoms with E-state index in [-0.39, 0.29) is 22.2 Å². The second kappa shape index (κ2) is 22.0. The van der Waals surface area contributed by atoms with Crippen LogP contribution in [0.2, 0.25) is 0 Å². The summed E-state index contributed by atoms with van der Waals surface area (Å²) in [6, 6.07) is 93.5. The Morgan fingerprint density at radius 2 is 0.402 bits per heavy atom. The normalized spacial score (nSPS) is 12.4. The monoisotopic (exact) mass is 1440 g/mol. The van der Waals surface area contributed by atoms with E-state index in [4.69, 9.17) is 38.9 Å². The Morgan fingerprint density at radius 1 is 0.188 bits per heavy atom. The molecule has 0 radical (unpaired) electrons. The first-order valence-corrected chi connectivity index (χ1v) is 36.8. The molecule has 0 spiro atoms. The Kier molecular flexibility index (Phi) is 11.9. The minimum absolute atomic E-state index is 0.132. The summed E-state index contributed by atoms with van der Waals surface area (Å²) in [6.07, 6.45) is 0. The van der Waals surface area contributed by atoms with Gasteiger partial charge in [-0.1, -0.05) is 146 Å². The van der Waals surface area contributed by atoms with Gasteiger partial charge in [0.25, 0.3) is 22.2 Å². The molecule has 0 atom stereocenters. The molecule has 16 heteroatoms. The van der Waals surface area contributed by atoms with Crippen LogP contribution >= 0.6 is 0 Å². The first-order valence-electron chi connectivity index (χ1n) is 36.8. The van der Waals surface area contributed by atoms with Crippen molar-refractivity contribution in [2.24, 2.45) is 0 Å². The first kappa shape index (κ1) is 60.5. The lowest BCUT2D eigenvalue weighted by molar-refractivity contribution is 0.488. The molecule has 0 saturated carbocycles. The molecule has 8 aromatic heterocycles. The fraction of sp³-hybridized carbons (Fsp3) is 0. The van der Waals surface area contributed by atoms with Gasteiger partial charge >= 0.3 is 0 Å². The Morgan fingerprint density at radius 3 is 0.696 bits per heavy atom. The van der Waals surface area contributed by atoms with Gasteiger partial charge in [-0.2, -0.15) is 0 Å². The molecule has 0 amide bonds. The Balaban J connectivity index is 0.000000127. The van der Waals surface area contributed by atoms with Crippen molar-refractivity contribution in [3.8, 4) is 46.0 Å². The van der Waals surface area contributed by atoms with E-state index in [1.807, 2.05) is 267 Å². The van der Waals surface area contributed by atoms with Gasteiger partial charge in [0.2, 0.25) is 0 Å². The topological polar surface area (TPSA) is 174 Å². The summed E-state index contributed by atoms with van der Waals surface area (Å²) in [5.74, 6) is 4.80. The van der Waals surface area contributed by atoms with Gasteiger partial charge in [-0.15, -0.1) is 0 Å². The van der Waals surface area contributed by atoms with Crippen LogP contribution in [0.25, 0.3) is 196 Å². The number of fused-ring (bicyclic) bond motifs is 20. The number of rotatable bonds is 8. The van der Waals surface area contributed by atoms with E-state index in [0.717, 1.165) is 152 Å². The molecular formula is C96H48N8O8. The van der Waals surface area contributed by atoms with Crippen molar-refractivity contribution in [2.45, 2.75) is 0 Å². The highest BCUT2D eigenvalue weighted by Crippen LogP contribution is 2.56. The van der Waals surface area contributed by atoms with Crippen LogP contribution in [0.1, 0.15) is 0 Å². The maximum atomic E-state index is 14.9. The highest BCUT2D eigenvalue weighted by Gasteiger charge is 2.32. The van der Waals surface area contributed by atoms with Crippen molar-refractivity contribution in [2.75, 3.05) is 0 Å². The molecule has 0 fully saturated rings. The zero-order valence-corrected chi connectivity index (χ0v) is 58.6. The van der Waals surface area contributed by atoms with Crippen molar-refractivity contribution < 1.29 is 18.9 Å². The van der Waals surface area contributed by atoms with Gasteiger partial charge in [-0.25, -0.2) is 19.9 Å². The van der Waals surface area contributed by atoms with E-state index >= 15 is 0 Å². The minimum atomic E-state index is -0.186. The van der Waals surface area contributed by atoms with Crippen LogP contribution in [0.5, 0.6) is 46.0 Å². The van der Waals surface area contributed by atoms with Gasteiger partial charge < -0.3 is 18.9 Å². The van der Waals surface area contributed by atoms with E-state index in [9.17, 15) is 19.2 Å². The van der Waals surface area contributed by atoms with Crippen LogP contribution in [0, 0.1) is 0 Å². The first-order chi connectivity index (χ1) is 55.2. The summed E-state index contributed by atoms with van der Waals surface area (Å²) < 4.78 is 34.3. The van der Waals surface area contributed by atoms with E-state index in [2.05, 4.69) is 24.3 Å². The number of aromatic nitrogens is 8. The van der Waals surface area contributed by atoms with Crippen LogP contribution in [-0.4, -0.2) is 37.5 Å². The average Bonchev–Trinajstić information content (AvgIpc) is 1.04. The van der Waals surface area contributed by atoms with Crippen molar-refractivity contribution >= 4 is 196 Å². The number of nitrogens with zero attached hydrogens (tertiary/aromatic N) is 8. The highest BCUT2D eigenvalue weighted by atomic mass is 16.5. The molecular weight excluding hydrogens is 1390 g/mol. The molecule has 8 heterocycles. The molecule has 112 heavy (non-hydrogen) atoms. The largest absolute Gasteiger partial charge is 0.457 e. The number of ether oxygens (including phenoxy) is 4. The predicted molar refractivity (Wildman–Crippen MR) is 446 cm³/mol. The van der Waals surface area contributed by atoms with Gasteiger partial charge in [0, 0.05) is 86.2 Å². The van der Waals surface area contributed by atoms with Crippen molar-refractivity contribution in [1.29, 1.82) is 0 Å². The second-order valence-corrected chi connectivity index (χ2v) is 28.8. The van der Waals surface area contributed by atoms with E-state index in [1.54, 1.807) is 17.6 Å². The van der Waals surface area contributed by atoms with Crippen LogP contribution in [0.3, 0.4) is 0 Å². The molecule has 0 aliphatic rings. The molecule has 26 aromatic rings. The van der Waals surface area contributed by atoms with Crippen molar-refractivity contribution in [3.63, 3.8) is 0 Å². The summed E-state index contributed by atoms with van der Waals surface area (Å²) in [4.78, 5) is 78.9. The zero-order valence-electron chi connectivity index (χ0n) is 58.6. The number of hydrogen-bond donors (Lipinski definition) is 0. The van der Waals surface area contributed by atoms with E-state index < -0.39 is 0 Å². The third-order valence-corrected chi connectivity index (χ3v) is 22.9. The maximum absolute atomic E-state index is 14.9. The fourth-order valence-corrected chi connectivity index (χ4v) is 18.4. The van der Waals surface area contributed by atoms with Crippen LogP contribution in [-0.2, 0) is 0 Å². The summed E-state index contributed by atoms with van der Waals surface area (Å²) in [5.41, 5.74) is 7.62. The fourth-order valence-electron chi connectivity index (χ4n) is 18.4. The number of para-hydroxylation sites is 12. The van der Waals surface area contributed by atoms with Crippen LogP contribution in [0.4, 0.5) is 0 Å². The van der Waals surface area contributed by atoms with Crippen molar-refractivity contribution in [3.05, 3.63) is 333 Å². The van der Waals surface area contributed by atoms with Gasteiger partial charge in [0.05, 0.1) is 54.9 Å². The zero-order chi connectivity index (χ0) is 73.6. The van der Waals surface area contributed by atoms with E-state index in [0.29, 0.717) is 90.1 Å². The Labute approximate surface area is 627 Å². The third kappa shape index (κ3) is 8.01. The molecule has 520 valence electrons. The molecule has 0 saturated heterocycles. The molecule has 0 aliphatic carbocycles. The second-order valence-electron chi connectivity index (χ2n) is 28.8. The van der Waals surface area contributed by atoms with E-state index in [1.165, 1.54) is 0 Å². The lowest BCUT2D eigenvalue weighted by Gasteiger charge is -2.22. The predicted octanol–water partition coefficient (Wildman–Crippen LogP) is 21.7. The maximum Gasteiger partial charge on any atom is 0.264 e. The standard InChI is InChI=1S/2C48H24N4O4/c53-47-30-22-20-28-39-27(19-21-29(40(30)39)45-49-33-15-7-9-17-35(33)51(45)47)43-38(56-26-13-5-2-6-14-26)24-32-41-31(46-50-34-16-8-10-18-36(34)52(46)48(32)54)23-37(42(28)44(41)43)55-25-11-3-1-4-12-25;53-47-30-22-20-28-39-27(19-21-29(40(30)39)45-49-33-15-7-9-17-35(33)51(45)47)42-37(55-25-11-3-1-4-12-25)23-31-41-32(48(54)52-36-18-10-8-16-34(36)50-46(31)52)24-38(43(28)44(41)42)56-26-13-5-2-6-14-26/h2*1-24H. The third-order valence-electron chi connectivity index (χ3n) is 22.9. The summed E-state index contributed by atoms with van der Waals surface area (Å²) in [5, 5.41) is 18.9. The minimum Gasteiger partial charge on any atom is -0.457 e. The summed E-state index contributed by atoms with van der Waals surface area (Å²) >= 11 is 0. The molecule has 26 rings (SSSR count). The molecule has 0 N–H and O–H groups in total. The summed E-state index contributed by atoms with van der Waals surface area (Å²) in [6.45, 7) is 0. The molecule has 0 bridgehead atoms. The molecule has 0 aliphatic heterocycles. The lowest BCUT2D eigenvalue weighted by Crippen LogP contribution is -2.14. The van der Waals surface area contributed by atoms with Gasteiger partial charge in [0.1, 0.15) is 68.6 Å². The SMILES string of the molecule is O=c1c2ccc3c4c(Oc5ccccc5)cc5c(=O)n6c7ccccc7nc6c6cc(Oc7ccccc7)c(c7ccc(c2c37)c2nc3ccccc3n12)c4c56.O=c1c2ccc3c4c(Oc5ccccc5)cc5c6c(cc(Oc7ccccc7)c(c7ccc(c2c73)c2nc3ccccc3n12)c46)c(=O)n1c2ccccc2nc51. The average molecular weight is 1440 g/mol. The number of imidazole rings is 4. The highest BCUT2D eigenvalue weighted by molar-refractivity contribution is 6.45. The van der Waals surface area contributed by atoms with Gasteiger partial charge in [0.15, 0.2) is 0 Å². The molecule has 0 unspecified atom stereocenters. The molecule has 16 nitrogen and oxygen atoms in total. The Bertz CT molecular complexity index is 8310. The smallest absolute Gasteiger partial charge is 0.264 e. The quantitative estimate of drug-likeness (QED) is 0.104. The lowest BCUT2D eigenvalue weighted by atomic mass is 9.85. The van der Waals surface area contributed by atoms with Gasteiger partial charge in [-0.3, -0.25) is 36.8 Å².